The van der Waals surface area contributed by atoms with E-state index in [4.69, 9.17) is 23.2 Å². The minimum absolute atomic E-state index is 0.237. The molecular weight excluding hydrogens is 313 g/mol. The number of likely N-dealkylation sites (tertiary alicyclic amines) is 1. The Kier molecular flexibility index (Phi) is 3.15. The van der Waals surface area contributed by atoms with Crippen LogP contribution in [0, 0.1) is 17.3 Å². The van der Waals surface area contributed by atoms with Gasteiger partial charge in [-0.15, -0.1) is 0 Å². The summed E-state index contributed by atoms with van der Waals surface area (Å²) in [6.07, 6.45) is 0. The molecule has 1 aliphatic carbocycles. The van der Waals surface area contributed by atoms with E-state index < -0.39 is 0 Å². The first kappa shape index (κ1) is 14.5. The molecule has 0 radical (unpaired) electrons. The number of rotatable bonds is 3. The molecule has 1 saturated heterocycles. The third kappa shape index (κ3) is 2.09. The molecule has 1 aromatic carbocycles. The zero-order valence-electron chi connectivity index (χ0n) is 11.5. The molecule has 1 saturated carbocycles. The number of imide groups is 1. The fourth-order valence-corrected chi connectivity index (χ4v) is 3.36. The SMILES string of the molecule is CC1(C)C2C(=O)N(CC(=O)c3ccc(Cl)c(Cl)c3)C(=O)C21. The highest BCUT2D eigenvalue weighted by atomic mass is 35.5. The lowest BCUT2D eigenvalue weighted by atomic mass is 10.0. The van der Waals surface area contributed by atoms with Gasteiger partial charge in [0.05, 0.1) is 28.4 Å². The van der Waals surface area contributed by atoms with Crippen LogP contribution in [0.25, 0.3) is 0 Å². The Morgan fingerprint density at radius 2 is 1.71 bits per heavy atom. The van der Waals surface area contributed by atoms with E-state index in [-0.39, 0.29) is 46.4 Å². The molecule has 4 nitrogen and oxygen atoms in total. The summed E-state index contributed by atoms with van der Waals surface area (Å²) in [4.78, 5) is 37.6. The van der Waals surface area contributed by atoms with Crippen LogP contribution in [0.2, 0.25) is 10.0 Å². The molecule has 3 rings (SSSR count). The molecule has 1 heterocycles. The second kappa shape index (κ2) is 4.55. The fourth-order valence-electron chi connectivity index (χ4n) is 3.06. The van der Waals surface area contributed by atoms with Gasteiger partial charge in [0, 0.05) is 5.56 Å². The summed E-state index contributed by atoms with van der Waals surface area (Å²) in [5.74, 6) is -1.36. The summed E-state index contributed by atoms with van der Waals surface area (Å²) in [6, 6.07) is 4.50. The number of amides is 2. The number of piperidine rings is 1. The van der Waals surface area contributed by atoms with Crippen LogP contribution in [0.5, 0.6) is 0 Å². The van der Waals surface area contributed by atoms with Crippen molar-refractivity contribution in [2.24, 2.45) is 17.3 Å². The van der Waals surface area contributed by atoms with Gasteiger partial charge in [0.15, 0.2) is 5.78 Å². The molecule has 21 heavy (non-hydrogen) atoms. The predicted octanol–water partition coefficient (Wildman–Crippen LogP) is 2.82. The zero-order chi connectivity index (χ0) is 15.5. The molecule has 2 unspecified atom stereocenters. The predicted molar refractivity (Wildman–Crippen MR) is 78.3 cm³/mol. The zero-order valence-corrected chi connectivity index (χ0v) is 13.0. The molecule has 0 bridgehead atoms. The molecule has 6 heteroatoms. The smallest absolute Gasteiger partial charge is 0.234 e. The van der Waals surface area contributed by atoms with E-state index in [0.717, 1.165) is 4.90 Å². The topological polar surface area (TPSA) is 54.5 Å². The van der Waals surface area contributed by atoms with Crippen LogP contribution in [0.3, 0.4) is 0 Å². The van der Waals surface area contributed by atoms with Crippen molar-refractivity contribution in [3.05, 3.63) is 33.8 Å². The number of Topliss-reactive ketones (excluding diaryl/α,β-unsaturated/α-hetero) is 1. The molecule has 1 aromatic rings. The van der Waals surface area contributed by atoms with Crippen molar-refractivity contribution < 1.29 is 14.4 Å². The number of hydrogen-bond acceptors (Lipinski definition) is 3. The maximum atomic E-state index is 12.2. The van der Waals surface area contributed by atoms with E-state index in [1.54, 1.807) is 0 Å². The van der Waals surface area contributed by atoms with Gasteiger partial charge in [0.25, 0.3) is 0 Å². The molecule has 1 aliphatic heterocycles. The largest absolute Gasteiger partial charge is 0.292 e. The van der Waals surface area contributed by atoms with Gasteiger partial charge in [-0.3, -0.25) is 19.3 Å². The summed E-state index contributed by atoms with van der Waals surface area (Å²) >= 11 is 11.7. The molecule has 2 atom stereocenters. The quantitative estimate of drug-likeness (QED) is 0.634. The normalized spacial score (nSPS) is 26.0. The highest BCUT2D eigenvalue weighted by molar-refractivity contribution is 6.42. The van der Waals surface area contributed by atoms with E-state index in [1.807, 2.05) is 13.8 Å². The van der Waals surface area contributed by atoms with Crippen LogP contribution in [0.1, 0.15) is 24.2 Å². The molecule has 110 valence electrons. The molecule has 0 aromatic heterocycles. The van der Waals surface area contributed by atoms with Gasteiger partial charge < -0.3 is 0 Å². The Labute approximate surface area is 132 Å². The molecule has 0 N–H and O–H groups in total. The van der Waals surface area contributed by atoms with Crippen molar-refractivity contribution in [3.63, 3.8) is 0 Å². The number of halogens is 2. The average molecular weight is 326 g/mol. The van der Waals surface area contributed by atoms with E-state index in [0.29, 0.717) is 10.6 Å². The van der Waals surface area contributed by atoms with E-state index in [9.17, 15) is 14.4 Å². The first-order valence-corrected chi connectivity index (χ1v) is 7.34. The van der Waals surface area contributed by atoms with Crippen molar-refractivity contribution in [1.29, 1.82) is 0 Å². The van der Waals surface area contributed by atoms with Gasteiger partial charge in [0.1, 0.15) is 0 Å². The first-order valence-electron chi connectivity index (χ1n) is 6.58. The van der Waals surface area contributed by atoms with Crippen LogP contribution in [-0.2, 0) is 9.59 Å². The van der Waals surface area contributed by atoms with E-state index >= 15 is 0 Å². The van der Waals surface area contributed by atoms with Crippen molar-refractivity contribution >= 4 is 40.8 Å². The Hall–Kier alpha value is -1.39. The number of nitrogens with zero attached hydrogens (tertiary/aromatic N) is 1. The van der Waals surface area contributed by atoms with Crippen molar-refractivity contribution in [2.75, 3.05) is 6.54 Å². The lowest BCUT2D eigenvalue weighted by Crippen LogP contribution is -2.39. The highest BCUT2D eigenvalue weighted by Gasteiger charge is 2.72. The van der Waals surface area contributed by atoms with Crippen LogP contribution >= 0.6 is 23.2 Å². The minimum Gasteiger partial charge on any atom is -0.292 e. The van der Waals surface area contributed by atoms with Crippen LogP contribution in [-0.4, -0.2) is 29.0 Å². The Bertz CT molecular complexity index is 659. The lowest BCUT2D eigenvalue weighted by molar-refractivity contribution is -0.142. The minimum atomic E-state index is -0.325. The fraction of sp³-hybridized carbons (Fsp3) is 0.400. The highest BCUT2D eigenvalue weighted by Crippen LogP contribution is 2.63. The summed E-state index contributed by atoms with van der Waals surface area (Å²) in [7, 11) is 0. The van der Waals surface area contributed by atoms with Crippen LogP contribution in [0.4, 0.5) is 0 Å². The molecular formula is C15H13Cl2NO3. The van der Waals surface area contributed by atoms with Crippen LogP contribution < -0.4 is 0 Å². The van der Waals surface area contributed by atoms with Gasteiger partial charge in [-0.1, -0.05) is 37.0 Å². The van der Waals surface area contributed by atoms with E-state index in [1.165, 1.54) is 18.2 Å². The lowest BCUT2D eigenvalue weighted by Gasteiger charge is -2.19. The van der Waals surface area contributed by atoms with Crippen LogP contribution in [0.15, 0.2) is 18.2 Å². The first-order chi connectivity index (χ1) is 9.75. The number of fused-ring (bicyclic) bond motifs is 1. The Balaban J connectivity index is 1.76. The van der Waals surface area contributed by atoms with Gasteiger partial charge >= 0.3 is 0 Å². The third-order valence-electron chi connectivity index (χ3n) is 4.43. The van der Waals surface area contributed by atoms with Gasteiger partial charge in [0.2, 0.25) is 11.8 Å². The van der Waals surface area contributed by atoms with Crippen molar-refractivity contribution in [2.45, 2.75) is 13.8 Å². The standard InChI is InChI=1S/C15H13Cl2NO3/c1-15(2)11-12(15)14(21)18(13(11)20)6-10(19)7-3-4-8(16)9(17)5-7/h3-5,11-12H,6H2,1-2H3. The Morgan fingerprint density at radius 3 is 2.24 bits per heavy atom. The second-order valence-electron chi connectivity index (χ2n) is 6.09. The molecule has 2 fully saturated rings. The number of carbonyl (C=O) groups excluding carboxylic acids is 3. The summed E-state index contributed by atoms with van der Waals surface area (Å²) in [5, 5.41) is 0.620. The number of hydrogen-bond donors (Lipinski definition) is 0. The number of carbonyl (C=O) groups is 3. The number of ketones is 1. The van der Waals surface area contributed by atoms with Gasteiger partial charge in [-0.2, -0.15) is 0 Å². The second-order valence-corrected chi connectivity index (χ2v) is 6.91. The molecule has 2 amide bonds. The summed E-state index contributed by atoms with van der Waals surface area (Å²) in [6.45, 7) is 3.56. The third-order valence-corrected chi connectivity index (χ3v) is 5.17. The maximum Gasteiger partial charge on any atom is 0.234 e. The maximum absolute atomic E-state index is 12.2. The van der Waals surface area contributed by atoms with Gasteiger partial charge in [-0.25, -0.2) is 0 Å². The monoisotopic (exact) mass is 325 g/mol. The summed E-state index contributed by atoms with van der Waals surface area (Å²) < 4.78 is 0. The van der Waals surface area contributed by atoms with E-state index in [2.05, 4.69) is 0 Å². The van der Waals surface area contributed by atoms with Crippen molar-refractivity contribution in [1.82, 2.24) is 4.90 Å². The average Bonchev–Trinajstić information content (AvgIpc) is 2.89. The van der Waals surface area contributed by atoms with Crippen molar-refractivity contribution in [3.8, 4) is 0 Å². The summed E-state index contributed by atoms with van der Waals surface area (Å²) in [5.41, 5.74) is 0.0712. The molecule has 0 spiro atoms. The van der Waals surface area contributed by atoms with Gasteiger partial charge in [-0.05, 0) is 23.6 Å². The Morgan fingerprint density at radius 1 is 1.14 bits per heavy atom. The number of benzene rings is 1. The molecule has 2 aliphatic rings.